The van der Waals surface area contributed by atoms with Crippen LogP contribution in [-0.2, 0) is 0 Å². The number of ether oxygens (including phenoxy) is 1. The molecule has 0 unspecified atom stereocenters. The Labute approximate surface area is 126 Å². The quantitative estimate of drug-likeness (QED) is 0.686. The van der Waals surface area contributed by atoms with Gasteiger partial charge in [-0.25, -0.2) is 0 Å². The Morgan fingerprint density at radius 2 is 1.48 bits per heavy atom. The monoisotopic (exact) mass is 282 g/mol. The summed E-state index contributed by atoms with van der Waals surface area (Å²) in [5.41, 5.74) is 1.40. The van der Waals surface area contributed by atoms with Gasteiger partial charge in [-0.2, -0.15) is 0 Å². The fraction of sp³-hybridized carbons (Fsp3) is 0.316. The van der Waals surface area contributed by atoms with Gasteiger partial charge in [0.2, 0.25) is 0 Å². The number of hydrogen-bond donors (Lipinski definition) is 0. The van der Waals surface area contributed by atoms with Crippen molar-refractivity contribution in [2.45, 2.75) is 26.7 Å². The van der Waals surface area contributed by atoms with Gasteiger partial charge in [-0.05, 0) is 30.2 Å². The maximum Gasteiger partial charge on any atom is 0.193 e. The average Bonchev–Trinajstić information content (AvgIpc) is 2.56. The van der Waals surface area contributed by atoms with Crippen molar-refractivity contribution in [3.8, 4) is 5.75 Å². The minimum Gasteiger partial charge on any atom is -0.493 e. The van der Waals surface area contributed by atoms with Crippen LogP contribution in [-0.4, -0.2) is 12.4 Å². The van der Waals surface area contributed by atoms with E-state index in [0.29, 0.717) is 17.0 Å². The fourth-order valence-corrected chi connectivity index (χ4v) is 2.20. The van der Waals surface area contributed by atoms with E-state index in [1.807, 2.05) is 54.6 Å². The van der Waals surface area contributed by atoms with Crippen LogP contribution in [0.4, 0.5) is 0 Å². The van der Waals surface area contributed by atoms with Gasteiger partial charge in [-0.1, -0.05) is 57.0 Å². The van der Waals surface area contributed by atoms with Gasteiger partial charge in [0.05, 0.1) is 6.61 Å². The standard InChI is InChI=1S/C19H22O2/c1-3-15(4-2)14-21-18-12-10-17(11-13-18)19(20)16-8-6-5-7-9-16/h5-13,15H,3-4,14H2,1-2H3. The van der Waals surface area contributed by atoms with Crippen molar-refractivity contribution in [3.05, 3.63) is 65.7 Å². The summed E-state index contributed by atoms with van der Waals surface area (Å²) in [7, 11) is 0. The lowest BCUT2D eigenvalue weighted by Gasteiger charge is -2.13. The van der Waals surface area contributed by atoms with Crippen molar-refractivity contribution in [3.63, 3.8) is 0 Å². The second-order valence-electron chi connectivity index (χ2n) is 5.21. The molecular formula is C19H22O2. The molecule has 2 rings (SSSR count). The number of ketones is 1. The van der Waals surface area contributed by atoms with Crippen molar-refractivity contribution in [2.75, 3.05) is 6.61 Å². The fourth-order valence-electron chi connectivity index (χ4n) is 2.20. The van der Waals surface area contributed by atoms with Crippen LogP contribution in [0.1, 0.15) is 42.6 Å². The summed E-state index contributed by atoms with van der Waals surface area (Å²) in [5.74, 6) is 1.46. The lowest BCUT2D eigenvalue weighted by Crippen LogP contribution is -2.10. The summed E-state index contributed by atoms with van der Waals surface area (Å²) in [4.78, 5) is 12.3. The molecule has 0 aliphatic carbocycles. The van der Waals surface area contributed by atoms with Crippen molar-refractivity contribution in [1.29, 1.82) is 0 Å². The van der Waals surface area contributed by atoms with Crippen LogP contribution >= 0.6 is 0 Å². The molecule has 0 saturated carbocycles. The highest BCUT2D eigenvalue weighted by Gasteiger charge is 2.09. The van der Waals surface area contributed by atoms with Gasteiger partial charge >= 0.3 is 0 Å². The van der Waals surface area contributed by atoms with E-state index >= 15 is 0 Å². The third kappa shape index (κ3) is 4.19. The second-order valence-corrected chi connectivity index (χ2v) is 5.21. The molecule has 0 amide bonds. The van der Waals surface area contributed by atoms with Gasteiger partial charge in [-0.3, -0.25) is 4.79 Å². The minimum absolute atomic E-state index is 0.0437. The molecule has 0 aromatic heterocycles. The summed E-state index contributed by atoms with van der Waals surface area (Å²) in [5, 5.41) is 0. The molecule has 2 aromatic carbocycles. The topological polar surface area (TPSA) is 26.3 Å². The van der Waals surface area contributed by atoms with Gasteiger partial charge in [0.25, 0.3) is 0 Å². The zero-order chi connectivity index (χ0) is 15.1. The summed E-state index contributed by atoms with van der Waals surface area (Å²) in [6, 6.07) is 16.7. The molecule has 2 heteroatoms. The summed E-state index contributed by atoms with van der Waals surface area (Å²) in [6.45, 7) is 5.09. The van der Waals surface area contributed by atoms with Gasteiger partial charge in [0.1, 0.15) is 5.75 Å². The van der Waals surface area contributed by atoms with E-state index in [1.54, 1.807) is 0 Å². The van der Waals surface area contributed by atoms with Crippen LogP contribution in [0.3, 0.4) is 0 Å². The van der Waals surface area contributed by atoms with Crippen molar-refractivity contribution >= 4 is 5.78 Å². The van der Waals surface area contributed by atoms with Crippen LogP contribution < -0.4 is 4.74 Å². The molecule has 0 N–H and O–H groups in total. The zero-order valence-corrected chi connectivity index (χ0v) is 12.7. The van der Waals surface area contributed by atoms with E-state index in [9.17, 15) is 4.79 Å². The first-order valence-corrected chi connectivity index (χ1v) is 7.57. The van der Waals surface area contributed by atoms with E-state index in [4.69, 9.17) is 4.74 Å². The number of hydrogen-bond acceptors (Lipinski definition) is 2. The number of carbonyl (C=O) groups excluding carboxylic acids is 1. The molecule has 2 aromatic rings. The van der Waals surface area contributed by atoms with E-state index < -0.39 is 0 Å². The first-order valence-electron chi connectivity index (χ1n) is 7.57. The molecule has 0 atom stereocenters. The first-order chi connectivity index (χ1) is 10.2. The van der Waals surface area contributed by atoms with Crippen molar-refractivity contribution in [2.24, 2.45) is 5.92 Å². The highest BCUT2D eigenvalue weighted by molar-refractivity contribution is 6.08. The Bertz CT molecular complexity index is 554. The second kappa shape index (κ2) is 7.63. The summed E-state index contributed by atoms with van der Waals surface area (Å²) < 4.78 is 5.78. The Kier molecular flexibility index (Phi) is 5.56. The van der Waals surface area contributed by atoms with Gasteiger partial charge < -0.3 is 4.74 Å². The molecule has 0 fully saturated rings. The smallest absolute Gasteiger partial charge is 0.193 e. The molecular weight excluding hydrogens is 260 g/mol. The van der Waals surface area contributed by atoms with Gasteiger partial charge in [0, 0.05) is 11.1 Å². The summed E-state index contributed by atoms with van der Waals surface area (Å²) >= 11 is 0. The highest BCUT2D eigenvalue weighted by atomic mass is 16.5. The maximum atomic E-state index is 12.3. The van der Waals surface area contributed by atoms with E-state index in [1.165, 1.54) is 0 Å². The molecule has 21 heavy (non-hydrogen) atoms. The summed E-state index contributed by atoms with van der Waals surface area (Å²) in [6.07, 6.45) is 2.25. The van der Waals surface area contributed by atoms with Crippen LogP contribution in [0.15, 0.2) is 54.6 Å². The highest BCUT2D eigenvalue weighted by Crippen LogP contribution is 2.17. The van der Waals surface area contributed by atoms with Gasteiger partial charge in [-0.15, -0.1) is 0 Å². The molecule has 0 heterocycles. The number of rotatable bonds is 7. The Balaban J connectivity index is 2.00. The average molecular weight is 282 g/mol. The zero-order valence-electron chi connectivity index (χ0n) is 12.7. The van der Waals surface area contributed by atoms with Crippen molar-refractivity contribution in [1.82, 2.24) is 0 Å². The molecule has 0 aliphatic heterocycles. The van der Waals surface area contributed by atoms with Crippen LogP contribution in [0.5, 0.6) is 5.75 Å². The third-order valence-corrected chi connectivity index (χ3v) is 3.79. The van der Waals surface area contributed by atoms with Crippen LogP contribution in [0.2, 0.25) is 0 Å². The Morgan fingerprint density at radius 1 is 0.905 bits per heavy atom. The van der Waals surface area contributed by atoms with E-state index in [0.717, 1.165) is 25.2 Å². The lowest BCUT2D eigenvalue weighted by molar-refractivity contribution is 0.103. The van der Waals surface area contributed by atoms with E-state index in [2.05, 4.69) is 13.8 Å². The Hall–Kier alpha value is -2.09. The number of carbonyl (C=O) groups is 1. The first kappa shape index (κ1) is 15.3. The van der Waals surface area contributed by atoms with E-state index in [-0.39, 0.29) is 5.78 Å². The molecule has 0 saturated heterocycles. The van der Waals surface area contributed by atoms with Crippen molar-refractivity contribution < 1.29 is 9.53 Å². The Morgan fingerprint density at radius 3 is 2.05 bits per heavy atom. The normalized spacial score (nSPS) is 10.6. The lowest BCUT2D eigenvalue weighted by atomic mass is 10.0. The third-order valence-electron chi connectivity index (χ3n) is 3.79. The number of benzene rings is 2. The largest absolute Gasteiger partial charge is 0.493 e. The maximum absolute atomic E-state index is 12.3. The SMILES string of the molecule is CCC(CC)COc1ccc(C(=O)c2ccccc2)cc1. The predicted molar refractivity (Wildman–Crippen MR) is 85.9 cm³/mol. The molecule has 2 nitrogen and oxygen atoms in total. The molecule has 0 radical (unpaired) electrons. The van der Waals surface area contributed by atoms with Crippen LogP contribution in [0, 0.1) is 5.92 Å². The molecule has 0 spiro atoms. The minimum atomic E-state index is 0.0437. The predicted octanol–water partition coefficient (Wildman–Crippen LogP) is 4.73. The van der Waals surface area contributed by atoms with Gasteiger partial charge in [0.15, 0.2) is 5.78 Å². The van der Waals surface area contributed by atoms with Crippen LogP contribution in [0.25, 0.3) is 0 Å². The molecule has 0 aliphatic rings. The molecule has 0 bridgehead atoms. The molecule has 110 valence electrons.